The normalized spacial score (nSPS) is 13.7. The van der Waals surface area contributed by atoms with Crippen LogP contribution in [-0.4, -0.2) is 96.1 Å². The van der Waals surface area contributed by atoms with Gasteiger partial charge in [0.1, 0.15) is 12.3 Å². The molecule has 0 saturated carbocycles. The van der Waals surface area contributed by atoms with E-state index < -0.39 is 6.09 Å². The average Bonchev–Trinajstić information content (AvgIpc) is 3.03. The third kappa shape index (κ3) is 8.91. The lowest BCUT2D eigenvalue weighted by Crippen LogP contribution is -2.50. The second kappa shape index (κ2) is 16.7. The quantitative estimate of drug-likeness (QED) is 0.185. The SMILES string of the molecule is O=C(CNCCOC(=O)N(c1ccccc1-c1ccccc1)N1CCCCC1)c1ccc(CN(CCO)CCO)cn1. The maximum absolute atomic E-state index is 13.5. The van der Waals surface area contributed by atoms with Crippen LogP contribution in [0.4, 0.5) is 10.5 Å². The van der Waals surface area contributed by atoms with Gasteiger partial charge in [-0.15, -0.1) is 0 Å². The standard InChI is InChI=1S/C32H41N5O5/c38-20-18-35(19-21-39)25-26-13-14-29(34-23-26)31(40)24-33-15-22-42-32(41)37(36-16-7-2-8-17-36)30-12-6-5-11-28(30)27-9-3-1-4-10-27/h1,3-6,9-14,23,33,38-39H,2,7-8,15-22,24-25H2. The molecule has 3 N–H and O–H groups in total. The van der Waals surface area contributed by atoms with Crippen molar-refractivity contribution in [1.82, 2.24) is 20.2 Å². The van der Waals surface area contributed by atoms with Gasteiger partial charge in [0.15, 0.2) is 5.78 Å². The smallest absolute Gasteiger partial charge is 0.429 e. The minimum absolute atomic E-state index is 0.00223. The van der Waals surface area contributed by atoms with E-state index in [1.807, 2.05) is 65.6 Å². The summed E-state index contributed by atoms with van der Waals surface area (Å²) in [6, 6.07) is 21.4. The van der Waals surface area contributed by atoms with Crippen LogP contribution in [-0.2, 0) is 11.3 Å². The lowest BCUT2D eigenvalue weighted by atomic mass is 10.0. The molecule has 1 aliphatic heterocycles. The first-order valence-corrected chi connectivity index (χ1v) is 14.6. The van der Waals surface area contributed by atoms with Crippen LogP contribution in [0.15, 0.2) is 72.9 Å². The number of carbonyl (C=O) groups is 2. The van der Waals surface area contributed by atoms with Crippen LogP contribution in [0.25, 0.3) is 11.1 Å². The van der Waals surface area contributed by atoms with E-state index in [9.17, 15) is 19.8 Å². The van der Waals surface area contributed by atoms with Crippen molar-refractivity contribution in [3.8, 4) is 11.1 Å². The van der Waals surface area contributed by atoms with E-state index in [0.717, 1.165) is 54.7 Å². The Labute approximate surface area is 247 Å². The van der Waals surface area contributed by atoms with Crippen molar-refractivity contribution in [3.05, 3.63) is 84.2 Å². The number of carbonyl (C=O) groups excluding carboxylic acids is 2. The van der Waals surface area contributed by atoms with Crippen LogP contribution < -0.4 is 10.3 Å². The number of rotatable bonds is 15. The van der Waals surface area contributed by atoms with Crippen molar-refractivity contribution in [2.75, 3.05) is 64.1 Å². The highest BCUT2D eigenvalue weighted by atomic mass is 16.6. The topological polar surface area (TPSA) is 118 Å². The Bertz CT molecular complexity index is 1250. The summed E-state index contributed by atoms with van der Waals surface area (Å²) in [4.78, 5) is 32.3. The molecular formula is C32H41N5O5. The fourth-order valence-electron chi connectivity index (χ4n) is 5.02. The van der Waals surface area contributed by atoms with Gasteiger partial charge in [0.25, 0.3) is 0 Å². The molecule has 0 spiro atoms. The number of aromatic nitrogens is 1. The monoisotopic (exact) mass is 575 g/mol. The van der Waals surface area contributed by atoms with Gasteiger partial charge in [-0.1, -0.05) is 61.0 Å². The van der Waals surface area contributed by atoms with Crippen molar-refractivity contribution >= 4 is 17.6 Å². The van der Waals surface area contributed by atoms with Crippen LogP contribution in [0, 0.1) is 0 Å². The lowest BCUT2D eigenvalue weighted by molar-refractivity contribution is 0.0981. The van der Waals surface area contributed by atoms with Crippen molar-refractivity contribution in [1.29, 1.82) is 0 Å². The molecule has 1 aliphatic rings. The second-order valence-corrected chi connectivity index (χ2v) is 10.2. The van der Waals surface area contributed by atoms with Gasteiger partial charge >= 0.3 is 6.09 Å². The predicted octanol–water partition coefficient (Wildman–Crippen LogP) is 3.35. The summed E-state index contributed by atoms with van der Waals surface area (Å²) in [7, 11) is 0. The van der Waals surface area contributed by atoms with Crippen LogP contribution in [0.2, 0.25) is 0 Å². The number of aliphatic hydroxyl groups excluding tert-OH is 2. The molecule has 1 saturated heterocycles. The number of Topliss-reactive ketones (excluding diaryl/α,β-unsaturated/α-hetero) is 1. The van der Waals surface area contributed by atoms with E-state index >= 15 is 0 Å². The average molecular weight is 576 g/mol. The van der Waals surface area contributed by atoms with Crippen LogP contribution in [0.1, 0.15) is 35.3 Å². The first kappa shape index (κ1) is 31.3. The molecular weight excluding hydrogens is 534 g/mol. The number of para-hydroxylation sites is 1. The summed E-state index contributed by atoms with van der Waals surface area (Å²) in [5, 5.41) is 25.1. The molecule has 0 aliphatic carbocycles. The summed E-state index contributed by atoms with van der Waals surface area (Å²) >= 11 is 0. The molecule has 1 fully saturated rings. The number of nitrogens with zero attached hydrogens (tertiary/aromatic N) is 4. The molecule has 10 heteroatoms. The molecule has 4 rings (SSSR count). The summed E-state index contributed by atoms with van der Waals surface area (Å²) in [5.74, 6) is -0.165. The van der Waals surface area contributed by atoms with E-state index in [1.165, 1.54) is 0 Å². The summed E-state index contributed by atoms with van der Waals surface area (Å²) in [5.41, 5.74) is 3.99. The van der Waals surface area contributed by atoms with Gasteiger partial charge in [-0.3, -0.25) is 14.7 Å². The first-order chi connectivity index (χ1) is 20.6. The van der Waals surface area contributed by atoms with Gasteiger partial charge in [-0.2, -0.15) is 0 Å². The molecule has 42 heavy (non-hydrogen) atoms. The van der Waals surface area contributed by atoms with Crippen molar-refractivity contribution in [3.63, 3.8) is 0 Å². The third-order valence-corrected chi connectivity index (χ3v) is 7.14. The fraction of sp³-hybridized carbons (Fsp3) is 0.406. The first-order valence-electron chi connectivity index (χ1n) is 14.6. The van der Waals surface area contributed by atoms with E-state index in [-0.39, 0.29) is 32.1 Å². The molecule has 1 aromatic heterocycles. The number of pyridine rings is 1. The zero-order chi connectivity index (χ0) is 29.6. The molecule has 10 nitrogen and oxygen atoms in total. The number of aliphatic hydroxyl groups is 2. The van der Waals surface area contributed by atoms with E-state index in [4.69, 9.17) is 4.74 Å². The van der Waals surface area contributed by atoms with E-state index in [1.54, 1.807) is 17.3 Å². The number of benzene rings is 2. The highest BCUT2D eigenvalue weighted by Crippen LogP contribution is 2.33. The Morgan fingerprint density at radius 1 is 0.905 bits per heavy atom. The van der Waals surface area contributed by atoms with Crippen molar-refractivity contribution in [2.45, 2.75) is 25.8 Å². The Morgan fingerprint density at radius 2 is 1.62 bits per heavy atom. The van der Waals surface area contributed by atoms with Crippen molar-refractivity contribution in [2.24, 2.45) is 0 Å². The van der Waals surface area contributed by atoms with Crippen LogP contribution in [0.3, 0.4) is 0 Å². The summed E-state index contributed by atoms with van der Waals surface area (Å²) in [6.45, 7) is 3.48. The maximum atomic E-state index is 13.5. The molecule has 0 atom stereocenters. The zero-order valence-electron chi connectivity index (χ0n) is 24.0. The van der Waals surface area contributed by atoms with Gasteiger partial charge in [-0.25, -0.2) is 14.8 Å². The maximum Gasteiger partial charge on any atom is 0.429 e. The fourth-order valence-corrected chi connectivity index (χ4v) is 5.02. The Kier molecular flexibility index (Phi) is 12.4. The van der Waals surface area contributed by atoms with Crippen LogP contribution in [0.5, 0.6) is 0 Å². The number of amides is 1. The van der Waals surface area contributed by atoms with Crippen molar-refractivity contribution < 1.29 is 24.5 Å². The Hall–Kier alpha value is -3.67. The highest BCUT2D eigenvalue weighted by Gasteiger charge is 2.28. The van der Waals surface area contributed by atoms with Gasteiger partial charge in [0.05, 0.1) is 25.4 Å². The molecule has 2 aromatic carbocycles. The summed E-state index contributed by atoms with van der Waals surface area (Å²) in [6.07, 6.45) is 4.36. The number of hydrogen-bond acceptors (Lipinski definition) is 9. The number of ketones is 1. The molecule has 3 aromatic rings. The molecule has 0 unspecified atom stereocenters. The van der Waals surface area contributed by atoms with Gasteiger partial charge in [0.2, 0.25) is 0 Å². The number of anilines is 1. The minimum Gasteiger partial charge on any atom is -0.447 e. The van der Waals surface area contributed by atoms with Gasteiger partial charge in [0, 0.05) is 51.0 Å². The van der Waals surface area contributed by atoms with Crippen LogP contribution >= 0.6 is 0 Å². The van der Waals surface area contributed by atoms with Gasteiger partial charge in [-0.05, 0) is 36.1 Å². The predicted molar refractivity (Wildman–Crippen MR) is 162 cm³/mol. The largest absolute Gasteiger partial charge is 0.447 e. The number of hydrazine groups is 1. The number of hydrogen-bond donors (Lipinski definition) is 3. The number of ether oxygens (including phenoxy) is 1. The Balaban J connectivity index is 1.31. The summed E-state index contributed by atoms with van der Waals surface area (Å²) < 4.78 is 5.70. The second-order valence-electron chi connectivity index (χ2n) is 10.2. The lowest BCUT2D eigenvalue weighted by Gasteiger charge is -2.37. The van der Waals surface area contributed by atoms with E-state index in [0.29, 0.717) is 31.9 Å². The molecule has 1 amide bonds. The Morgan fingerprint density at radius 3 is 2.31 bits per heavy atom. The third-order valence-electron chi connectivity index (χ3n) is 7.14. The zero-order valence-corrected chi connectivity index (χ0v) is 24.0. The minimum atomic E-state index is -0.442. The highest BCUT2D eigenvalue weighted by molar-refractivity contribution is 5.96. The molecule has 0 radical (unpaired) electrons. The number of nitrogens with one attached hydrogen (secondary N) is 1. The number of piperidine rings is 1. The molecule has 224 valence electrons. The van der Waals surface area contributed by atoms with Gasteiger partial charge < -0.3 is 20.3 Å². The molecule has 2 heterocycles. The van der Waals surface area contributed by atoms with E-state index in [2.05, 4.69) is 15.3 Å². The molecule has 0 bridgehead atoms.